The van der Waals surface area contributed by atoms with Gasteiger partial charge in [-0.25, -0.2) is 0 Å². The molecule has 0 aliphatic heterocycles. The average Bonchev–Trinajstić information content (AvgIpc) is 2.50. The van der Waals surface area contributed by atoms with Crippen molar-refractivity contribution in [3.63, 3.8) is 0 Å². The zero-order valence-corrected chi connectivity index (χ0v) is 15.0. The molecular formula is C19H34N2O. The molecule has 0 aliphatic carbocycles. The lowest BCUT2D eigenvalue weighted by atomic mass is 9.76. The van der Waals surface area contributed by atoms with Gasteiger partial charge in [0, 0.05) is 0 Å². The molecule has 3 nitrogen and oxygen atoms in total. The molecule has 0 aromatic heterocycles. The number of nitrogens with two attached hydrogens (primary N) is 2. The van der Waals surface area contributed by atoms with E-state index in [0.717, 1.165) is 44.5 Å². The van der Waals surface area contributed by atoms with Gasteiger partial charge in [-0.15, -0.1) is 0 Å². The highest BCUT2D eigenvalue weighted by atomic mass is 16.5. The molecule has 3 heteroatoms. The molecule has 4 N–H and O–H groups in total. The summed E-state index contributed by atoms with van der Waals surface area (Å²) in [6, 6.07) is 6.68. The number of hydrogen-bond donors (Lipinski definition) is 2. The predicted molar refractivity (Wildman–Crippen MR) is 95.6 cm³/mol. The highest BCUT2D eigenvalue weighted by Gasteiger charge is 2.27. The van der Waals surface area contributed by atoms with Crippen molar-refractivity contribution in [1.82, 2.24) is 0 Å². The molecule has 0 atom stereocenters. The second-order valence-corrected chi connectivity index (χ2v) is 7.47. The first-order valence-electron chi connectivity index (χ1n) is 8.37. The molecule has 22 heavy (non-hydrogen) atoms. The Balaban J connectivity index is 3.10. The maximum Gasteiger partial charge on any atom is 0.122 e. The lowest BCUT2D eigenvalue weighted by molar-refractivity contribution is 0.379. The third-order valence-electron chi connectivity index (χ3n) is 4.72. The number of benzene rings is 1. The SMILES string of the molecule is COc1cc(C(C)(C)CCCN)ccc1C(C)(C)CCCN. The van der Waals surface area contributed by atoms with Gasteiger partial charge >= 0.3 is 0 Å². The Morgan fingerprint density at radius 2 is 1.45 bits per heavy atom. The van der Waals surface area contributed by atoms with Crippen molar-refractivity contribution in [1.29, 1.82) is 0 Å². The van der Waals surface area contributed by atoms with E-state index in [-0.39, 0.29) is 10.8 Å². The fraction of sp³-hybridized carbons (Fsp3) is 0.684. The van der Waals surface area contributed by atoms with Crippen LogP contribution in [0.1, 0.15) is 64.5 Å². The maximum absolute atomic E-state index is 5.70. The van der Waals surface area contributed by atoms with Crippen LogP contribution in [0.4, 0.5) is 0 Å². The second kappa shape index (κ2) is 7.98. The van der Waals surface area contributed by atoms with Gasteiger partial charge in [-0.05, 0) is 66.8 Å². The van der Waals surface area contributed by atoms with E-state index in [2.05, 4.69) is 45.9 Å². The van der Waals surface area contributed by atoms with Crippen molar-refractivity contribution in [3.8, 4) is 5.75 Å². The molecule has 126 valence electrons. The van der Waals surface area contributed by atoms with Crippen molar-refractivity contribution in [2.45, 2.75) is 64.2 Å². The standard InChI is InChI=1S/C19H34N2O/c1-18(2,10-6-12-20)15-8-9-16(17(14-15)22-5)19(3,4)11-7-13-21/h8-9,14H,6-7,10-13,20-21H2,1-5H3. The Bertz CT molecular complexity index is 467. The fourth-order valence-corrected chi connectivity index (χ4v) is 3.04. The largest absolute Gasteiger partial charge is 0.496 e. The molecule has 0 radical (unpaired) electrons. The molecule has 0 fully saturated rings. The van der Waals surface area contributed by atoms with E-state index in [9.17, 15) is 0 Å². The van der Waals surface area contributed by atoms with Gasteiger partial charge in [0.2, 0.25) is 0 Å². The van der Waals surface area contributed by atoms with Gasteiger partial charge in [0.15, 0.2) is 0 Å². The van der Waals surface area contributed by atoms with Gasteiger partial charge in [0.25, 0.3) is 0 Å². The van der Waals surface area contributed by atoms with Gasteiger partial charge in [0.05, 0.1) is 7.11 Å². The van der Waals surface area contributed by atoms with Gasteiger partial charge in [-0.3, -0.25) is 0 Å². The zero-order valence-electron chi connectivity index (χ0n) is 15.0. The summed E-state index contributed by atoms with van der Waals surface area (Å²) in [5, 5.41) is 0. The van der Waals surface area contributed by atoms with Crippen LogP contribution >= 0.6 is 0 Å². The molecule has 0 aliphatic rings. The van der Waals surface area contributed by atoms with E-state index in [1.807, 2.05) is 0 Å². The van der Waals surface area contributed by atoms with E-state index in [4.69, 9.17) is 16.2 Å². The van der Waals surface area contributed by atoms with Crippen LogP contribution in [0, 0.1) is 0 Å². The minimum absolute atomic E-state index is 0.0741. The Kier molecular flexibility index (Phi) is 6.89. The highest BCUT2D eigenvalue weighted by molar-refractivity contribution is 5.44. The molecule has 0 saturated carbocycles. The van der Waals surface area contributed by atoms with Gasteiger partial charge < -0.3 is 16.2 Å². The quantitative estimate of drug-likeness (QED) is 0.731. The monoisotopic (exact) mass is 306 g/mol. The summed E-state index contributed by atoms with van der Waals surface area (Å²) in [4.78, 5) is 0. The summed E-state index contributed by atoms with van der Waals surface area (Å²) in [5.41, 5.74) is 14.1. The Hall–Kier alpha value is -1.06. The Morgan fingerprint density at radius 1 is 0.909 bits per heavy atom. The third kappa shape index (κ3) is 4.72. The minimum Gasteiger partial charge on any atom is -0.496 e. The third-order valence-corrected chi connectivity index (χ3v) is 4.72. The van der Waals surface area contributed by atoms with Crippen molar-refractivity contribution >= 4 is 0 Å². The fourth-order valence-electron chi connectivity index (χ4n) is 3.04. The molecule has 0 saturated heterocycles. The zero-order chi connectivity index (χ0) is 16.8. The Morgan fingerprint density at radius 3 is 1.95 bits per heavy atom. The lowest BCUT2D eigenvalue weighted by Gasteiger charge is -2.30. The number of ether oxygens (including phenoxy) is 1. The number of rotatable bonds is 9. The van der Waals surface area contributed by atoms with Crippen molar-refractivity contribution in [2.24, 2.45) is 11.5 Å². The summed E-state index contributed by atoms with van der Waals surface area (Å²) in [6.07, 6.45) is 4.22. The summed E-state index contributed by atoms with van der Waals surface area (Å²) in [5.74, 6) is 0.986. The van der Waals surface area contributed by atoms with Crippen LogP contribution < -0.4 is 16.2 Å². The van der Waals surface area contributed by atoms with E-state index in [1.165, 1.54) is 11.1 Å². The summed E-state index contributed by atoms with van der Waals surface area (Å²) in [7, 11) is 1.76. The Labute approximate surface area is 136 Å². The predicted octanol–water partition coefficient (Wildman–Crippen LogP) is 3.73. The van der Waals surface area contributed by atoms with Gasteiger partial charge in [0.1, 0.15) is 5.75 Å². The van der Waals surface area contributed by atoms with Crippen LogP contribution in [0.5, 0.6) is 5.75 Å². The van der Waals surface area contributed by atoms with E-state index in [1.54, 1.807) is 7.11 Å². The molecule has 0 amide bonds. The topological polar surface area (TPSA) is 61.3 Å². The van der Waals surface area contributed by atoms with Crippen LogP contribution in [0.2, 0.25) is 0 Å². The molecule has 0 spiro atoms. The van der Waals surface area contributed by atoms with Crippen molar-refractivity contribution in [2.75, 3.05) is 20.2 Å². The van der Waals surface area contributed by atoms with Gasteiger partial charge in [-0.2, -0.15) is 0 Å². The first-order chi connectivity index (χ1) is 10.3. The average molecular weight is 306 g/mol. The van der Waals surface area contributed by atoms with Crippen LogP contribution in [-0.4, -0.2) is 20.2 Å². The molecule has 1 rings (SSSR count). The second-order valence-electron chi connectivity index (χ2n) is 7.47. The normalized spacial score (nSPS) is 12.5. The lowest BCUT2D eigenvalue weighted by Crippen LogP contribution is -2.22. The minimum atomic E-state index is 0.0741. The summed E-state index contributed by atoms with van der Waals surface area (Å²) in [6.45, 7) is 10.5. The molecule has 1 aromatic carbocycles. The van der Waals surface area contributed by atoms with E-state index < -0.39 is 0 Å². The molecule has 0 bridgehead atoms. The first-order valence-corrected chi connectivity index (χ1v) is 8.37. The van der Waals surface area contributed by atoms with Gasteiger partial charge in [-0.1, -0.05) is 39.8 Å². The summed E-state index contributed by atoms with van der Waals surface area (Å²) >= 11 is 0. The van der Waals surface area contributed by atoms with Crippen LogP contribution in [0.3, 0.4) is 0 Å². The number of methoxy groups -OCH3 is 1. The van der Waals surface area contributed by atoms with Crippen molar-refractivity contribution < 1.29 is 4.74 Å². The van der Waals surface area contributed by atoms with Crippen molar-refractivity contribution in [3.05, 3.63) is 29.3 Å². The van der Waals surface area contributed by atoms with Crippen LogP contribution in [-0.2, 0) is 10.8 Å². The first kappa shape index (κ1) is 19.0. The molecule has 0 heterocycles. The maximum atomic E-state index is 5.70. The number of hydrogen-bond acceptors (Lipinski definition) is 3. The highest BCUT2D eigenvalue weighted by Crippen LogP contribution is 2.38. The summed E-state index contributed by atoms with van der Waals surface area (Å²) < 4.78 is 5.70. The van der Waals surface area contributed by atoms with Crippen LogP contribution in [0.15, 0.2) is 18.2 Å². The smallest absolute Gasteiger partial charge is 0.122 e. The van der Waals surface area contributed by atoms with E-state index in [0.29, 0.717) is 0 Å². The van der Waals surface area contributed by atoms with E-state index >= 15 is 0 Å². The molecule has 0 unspecified atom stereocenters. The van der Waals surface area contributed by atoms with Crippen LogP contribution in [0.25, 0.3) is 0 Å². The molecular weight excluding hydrogens is 272 g/mol. The molecule has 1 aromatic rings.